The van der Waals surface area contributed by atoms with Crippen LogP contribution in [0.4, 0.5) is 11.4 Å². The number of nitrogen functional groups attached to an aromatic ring is 2. The fraction of sp³-hybridized carbons (Fsp3) is 0.362. The van der Waals surface area contributed by atoms with Gasteiger partial charge < -0.3 is 38.1 Å². The third-order valence-electron chi connectivity index (χ3n) is 18.1. The molecule has 4 aliphatic carbocycles. The number of nitrogens with two attached hydrogens (primary N) is 2. The molecule has 534 valence electrons. The number of anilines is 2. The van der Waals surface area contributed by atoms with Crippen LogP contribution in [-0.2, 0) is 51.2 Å². The minimum absolute atomic E-state index is 0. The van der Waals surface area contributed by atoms with E-state index in [1.165, 1.54) is 16.2 Å². The van der Waals surface area contributed by atoms with Gasteiger partial charge in [-0.1, -0.05) is 173 Å². The van der Waals surface area contributed by atoms with E-state index in [1.807, 2.05) is 179 Å². The SMILES string of the molecule is CS(=O)(=O)Cl.CS(=O)(=O)OC1(c2ccccc2)CCC1.Cc1nnc2sc(C(=O)C3CC(N=[N+]=[N-])(c4ccccc4)C3)c(N)c2c1C.Cc1nnc2sc(C(=O)O)c(N)c2c1C.OC1(c2ccccc2)CCC1.[N-]=[N+]=NC1(c2ccccc2)CCC1.[N-]=[N+]=NC1(c2ccccc2)CNC1.[N-]=[N+]=[N-].[Na+]. The van der Waals surface area contributed by atoms with Crippen LogP contribution < -0.4 is 46.3 Å². The Kier molecular flexibility index (Phi) is 30.0. The number of nitrogens with zero attached hydrogens (tertiary/aromatic N) is 16. The van der Waals surface area contributed by atoms with Crippen LogP contribution in [0.2, 0.25) is 0 Å². The van der Waals surface area contributed by atoms with Crippen LogP contribution >= 0.6 is 33.4 Å². The van der Waals surface area contributed by atoms with E-state index in [4.69, 9.17) is 48.4 Å². The number of Topliss-reactive ketones (excluding diaryl/α,β-unsaturated/α-hetero) is 1. The summed E-state index contributed by atoms with van der Waals surface area (Å²) in [6, 6.07) is 49.0. The second-order valence-electron chi connectivity index (χ2n) is 24.9. The van der Waals surface area contributed by atoms with Gasteiger partial charge in [-0.15, -0.1) is 32.9 Å². The zero-order valence-electron chi connectivity index (χ0n) is 57.8. The molecular weight excluding hydrogens is 1430 g/mol. The summed E-state index contributed by atoms with van der Waals surface area (Å²) in [7, 11) is -2.08. The first kappa shape index (κ1) is 83.2. The number of rotatable bonds is 13. The number of nitrogens with one attached hydrogen (secondary N) is 1. The first-order valence-corrected chi connectivity index (χ1v) is 38.1. The second-order valence-corrected chi connectivity index (χ2v) is 31.5. The van der Waals surface area contributed by atoms with Crippen LogP contribution in [0.5, 0.6) is 0 Å². The maximum absolute atomic E-state index is 13.1. The molecule has 0 atom stereocenters. The van der Waals surface area contributed by atoms with Crippen molar-refractivity contribution < 1.29 is 70.4 Å². The average Bonchev–Trinajstić information content (AvgIpc) is 1.72. The maximum atomic E-state index is 13.1. The predicted molar refractivity (Wildman–Crippen MR) is 398 cm³/mol. The second kappa shape index (κ2) is 37.1. The van der Waals surface area contributed by atoms with Crippen LogP contribution in [0.25, 0.3) is 67.7 Å². The molecular formula is C69H77ClN19NaO9S4. The van der Waals surface area contributed by atoms with Gasteiger partial charge in [0.1, 0.15) is 20.1 Å². The van der Waals surface area contributed by atoms with Crippen molar-refractivity contribution in [3.8, 4) is 0 Å². The summed E-state index contributed by atoms with van der Waals surface area (Å²) in [4.78, 5) is 36.2. The number of thiophene rings is 2. The molecule has 7 N–H and O–H groups in total. The van der Waals surface area contributed by atoms with Gasteiger partial charge >= 0.3 is 35.5 Å². The van der Waals surface area contributed by atoms with Crippen molar-refractivity contribution in [2.75, 3.05) is 37.1 Å². The number of carbonyl (C=O) groups excluding carboxylic acids is 1. The molecule has 0 bridgehead atoms. The number of halogens is 1. The predicted octanol–water partition coefficient (Wildman–Crippen LogP) is 13.6. The van der Waals surface area contributed by atoms with Crippen molar-refractivity contribution in [2.45, 2.75) is 126 Å². The van der Waals surface area contributed by atoms with Gasteiger partial charge in [-0.25, -0.2) is 13.2 Å². The van der Waals surface area contributed by atoms with Gasteiger partial charge in [0.2, 0.25) is 9.05 Å². The number of carbonyl (C=O) groups is 2. The Hall–Kier alpha value is -8.77. The number of aromatic nitrogens is 4. The summed E-state index contributed by atoms with van der Waals surface area (Å²) < 4.78 is 46.4. The molecule has 5 heterocycles. The van der Waals surface area contributed by atoms with E-state index in [1.54, 1.807) is 0 Å². The van der Waals surface area contributed by atoms with Gasteiger partial charge in [0.05, 0.1) is 62.4 Å². The van der Waals surface area contributed by atoms with Crippen molar-refractivity contribution in [1.29, 1.82) is 0 Å². The number of hydrogen-bond acceptors (Lipinski definition) is 20. The number of aliphatic hydroxyl groups is 1. The number of hydrogen-bond donors (Lipinski definition) is 5. The smallest absolute Gasteiger partial charge is 0.477 e. The third-order valence-corrected chi connectivity index (χ3v) is 21.0. The van der Waals surface area contributed by atoms with Crippen LogP contribution in [0, 0.1) is 33.6 Å². The molecule has 4 aromatic heterocycles. The molecule has 0 spiro atoms. The molecule has 9 aromatic rings. The van der Waals surface area contributed by atoms with Gasteiger partial charge in [0, 0.05) is 55.2 Å². The van der Waals surface area contributed by atoms with Crippen molar-refractivity contribution >= 4 is 96.1 Å². The van der Waals surface area contributed by atoms with Crippen LogP contribution in [-0.4, -0.2) is 84.8 Å². The Balaban J connectivity index is 0.000000195. The van der Waals surface area contributed by atoms with Gasteiger partial charge in [-0.2, -0.15) is 18.6 Å². The molecule has 28 nitrogen and oxygen atoms in total. The molecule has 103 heavy (non-hydrogen) atoms. The molecule has 0 unspecified atom stereocenters. The average molecular weight is 1500 g/mol. The Morgan fingerprint density at radius 1 is 0.553 bits per heavy atom. The topological polar surface area (TPSA) is 473 Å². The Morgan fingerprint density at radius 3 is 1.22 bits per heavy atom. The van der Waals surface area contributed by atoms with E-state index in [2.05, 4.69) is 66.5 Å². The van der Waals surface area contributed by atoms with Crippen LogP contribution in [0.1, 0.15) is 140 Å². The quantitative estimate of drug-likeness (QED) is 0.0136. The minimum Gasteiger partial charge on any atom is -0.477 e. The summed E-state index contributed by atoms with van der Waals surface area (Å²) in [5, 5.41) is 51.4. The molecule has 5 fully saturated rings. The molecule has 0 radical (unpaired) electrons. The zero-order chi connectivity index (χ0) is 74.5. The minimum atomic E-state index is -3.39. The summed E-state index contributed by atoms with van der Waals surface area (Å²) in [6.07, 6.45) is 11.7. The Labute approximate surface area is 630 Å². The van der Waals surface area contributed by atoms with Crippen LogP contribution in [0.15, 0.2) is 167 Å². The van der Waals surface area contributed by atoms with Gasteiger partial charge in [0.25, 0.3) is 10.1 Å². The number of fused-ring (bicyclic) bond motifs is 2. The van der Waals surface area contributed by atoms with E-state index in [0.29, 0.717) is 38.5 Å². The summed E-state index contributed by atoms with van der Waals surface area (Å²) in [5.74, 6) is -1.25. The normalized spacial score (nSPS) is 17.6. The largest absolute Gasteiger partial charge is 1.00 e. The van der Waals surface area contributed by atoms with Crippen molar-refractivity contribution in [1.82, 2.24) is 25.7 Å². The molecule has 1 saturated heterocycles. The first-order valence-electron chi connectivity index (χ1n) is 32.0. The molecule has 34 heteroatoms. The monoisotopic (exact) mass is 1500 g/mol. The fourth-order valence-electron chi connectivity index (χ4n) is 12.0. The molecule has 1 aliphatic heterocycles. The first-order chi connectivity index (χ1) is 48.5. The van der Waals surface area contributed by atoms with Crippen LogP contribution in [0.3, 0.4) is 0 Å². The van der Waals surface area contributed by atoms with Gasteiger partial charge in [-0.3, -0.25) is 13.9 Å². The summed E-state index contributed by atoms with van der Waals surface area (Å²) in [5.41, 5.74) is 58.6. The number of carboxylic acid groups (broad SMARTS) is 1. The molecule has 4 saturated carbocycles. The molecule has 14 rings (SSSR count). The molecule has 5 aliphatic rings. The van der Waals surface area contributed by atoms with E-state index >= 15 is 0 Å². The summed E-state index contributed by atoms with van der Waals surface area (Å²) >= 11 is 2.35. The van der Waals surface area contributed by atoms with Gasteiger partial charge in [-0.05, 0) is 147 Å². The number of azide groups is 3. The Morgan fingerprint density at radius 2 is 0.893 bits per heavy atom. The molecule has 0 amide bonds. The molecule has 5 aromatic carbocycles. The maximum Gasteiger partial charge on any atom is 1.00 e. The zero-order valence-corrected chi connectivity index (χ0v) is 63.8. The van der Waals surface area contributed by atoms with E-state index in [9.17, 15) is 31.5 Å². The number of benzene rings is 5. The standard InChI is InChI=1S/C19H18N6OS.C11H14O3S.C10H11N3.C10H12O.C9H10N4.C9H9N3O2S.CH3ClO2S.N3.Na/c1-10-11(2)22-23-18-14(10)15(20)17(27-18)16(26)12-8-19(9-12,24-25-21)13-6-4-3-5-7-13;1-15(12,13)14-11(8-5-9-11)10-6-3-2-4-7-10;11-13-12-10(7-4-8-10)9-5-2-1-3-6-9;11-10(7-4-8-10)9-5-2-1-3-6-9;10-13-12-9(6-11-7-9)8-4-2-1-3-5-8;1-3-4(2)11-12-8-5(3)6(10)7(15-8)9(13)14;1-5(2,3)4;1-3-2;/h3-7,12H,8-9,20H2,1-2H3;2-4,6-7H,5,8-9H2,1H3;1-3,5-6H,4,7-8H2;1-3,5-6,11H,4,7-8H2;1-5,11H,6-7H2;10H2,1-2H3,(H,13,14);1H3;;/q;;;;;;;-1;+1. The van der Waals surface area contributed by atoms with Crippen molar-refractivity contribution in [2.24, 2.45) is 21.3 Å². The summed E-state index contributed by atoms with van der Waals surface area (Å²) in [6.45, 7) is 8.97. The Bertz CT molecular complexity index is 4730. The van der Waals surface area contributed by atoms with E-state index in [0.717, 1.165) is 150 Å². The number of carboxylic acids is 1. The fourth-order valence-corrected chi connectivity index (χ4v) is 14.9. The number of ketones is 1. The van der Waals surface area contributed by atoms with Crippen molar-refractivity contribution in [3.63, 3.8) is 0 Å². The van der Waals surface area contributed by atoms with E-state index in [-0.39, 0.29) is 62.9 Å². The number of aromatic carboxylic acids is 1. The van der Waals surface area contributed by atoms with Crippen molar-refractivity contribution in [3.05, 3.63) is 259 Å². The van der Waals surface area contributed by atoms with Gasteiger partial charge in [0.15, 0.2) is 5.78 Å². The number of aryl methyl sites for hydroxylation is 4. The van der Waals surface area contributed by atoms with E-state index < -0.39 is 41.9 Å². The third kappa shape index (κ3) is 21.2.